The summed E-state index contributed by atoms with van der Waals surface area (Å²) < 4.78 is 25.9. The monoisotopic (exact) mass is 445 g/mol. The molecule has 9 heteroatoms. The minimum atomic E-state index is -0.725. The van der Waals surface area contributed by atoms with Gasteiger partial charge >= 0.3 is 11.9 Å². The van der Waals surface area contributed by atoms with Crippen LogP contribution in [0, 0.1) is 5.92 Å². The van der Waals surface area contributed by atoms with Crippen LogP contribution in [0.1, 0.15) is 58.6 Å². The quantitative estimate of drug-likeness (QED) is 0.608. The minimum Gasteiger partial charge on any atom is -0.493 e. The molecule has 1 aromatic carbocycles. The molecule has 0 unspecified atom stereocenters. The van der Waals surface area contributed by atoms with Crippen molar-refractivity contribution in [3.05, 3.63) is 41.3 Å². The van der Waals surface area contributed by atoms with Crippen LogP contribution in [-0.2, 0) is 20.9 Å². The van der Waals surface area contributed by atoms with Crippen molar-refractivity contribution in [3.8, 4) is 11.5 Å². The number of carbonyl (C=O) groups is 3. The first-order valence-electron chi connectivity index (χ1n) is 10.4. The molecule has 1 aliphatic rings. The SMILES string of the molecule is COC(=O)c1ccoc1COC(=O)c1cc(OC)c(OC)cc1NC(=O)C1CCCCC1. The molecule has 0 bridgehead atoms. The number of anilines is 1. The summed E-state index contributed by atoms with van der Waals surface area (Å²) in [5.41, 5.74) is 0.521. The average Bonchev–Trinajstić information content (AvgIpc) is 3.30. The average molecular weight is 445 g/mol. The molecular weight excluding hydrogens is 418 g/mol. The molecule has 1 heterocycles. The van der Waals surface area contributed by atoms with Gasteiger partial charge in [0.05, 0.1) is 38.8 Å². The maximum absolute atomic E-state index is 12.9. The molecule has 1 amide bonds. The number of furan rings is 1. The van der Waals surface area contributed by atoms with E-state index in [0.717, 1.165) is 32.1 Å². The Morgan fingerprint density at radius 2 is 1.66 bits per heavy atom. The highest BCUT2D eigenvalue weighted by molar-refractivity contribution is 6.03. The van der Waals surface area contributed by atoms with Crippen molar-refractivity contribution in [2.45, 2.75) is 38.7 Å². The fraction of sp³-hybridized carbons (Fsp3) is 0.435. The molecule has 0 radical (unpaired) electrons. The lowest BCUT2D eigenvalue weighted by atomic mass is 9.88. The zero-order chi connectivity index (χ0) is 23.1. The Morgan fingerprint density at radius 3 is 2.31 bits per heavy atom. The van der Waals surface area contributed by atoms with Crippen LogP contribution in [-0.4, -0.2) is 39.2 Å². The largest absolute Gasteiger partial charge is 0.493 e. The van der Waals surface area contributed by atoms with E-state index in [2.05, 4.69) is 10.1 Å². The summed E-state index contributed by atoms with van der Waals surface area (Å²) in [7, 11) is 4.16. The second-order valence-corrected chi connectivity index (χ2v) is 7.40. The van der Waals surface area contributed by atoms with E-state index in [9.17, 15) is 14.4 Å². The van der Waals surface area contributed by atoms with Crippen LogP contribution in [0.15, 0.2) is 28.9 Å². The van der Waals surface area contributed by atoms with Crippen LogP contribution >= 0.6 is 0 Å². The number of rotatable bonds is 8. The summed E-state index contributed by atoms with van der Waals surface area (Å²) in [5.74, 6) is -0.756. The summed E-state index contributed by atoms with van der Waals surface area (Å²) in [6.07, 6.45) is 6.07. The Bertz CT molecular complexity index is 974. The first kappa shape index (κ1) is 23.2. The van der Waals surface area contributed by atoms with Gasteiger partial charge in [0.1, 0.15) is 5.56 Å². The van der Waals surface area contributed by atoms with E-state index in [0.29, 0.717) is 11.5 Å². The van der Waals surface area contributed by atoms with Crippen molar-refractivity contribution in [2.75, 3.05) is 26.6 Å². The zero-order valence-electron chi connectivity index (χ0n) is 18.4. The van der Waals surface area contributed by atoms with Crippen LogP contribution in [0.2, 0.25) is 0 Å². The number of nitrogens with one attached hydrogen (secondary N) is 1. The van der Waals surface area contributed by atoms with E-state index in [1.54, 1.807) is 0 Å². The second-order valence-electron chi connectivity index (χ2n) is 7.40. The maximum Gasteiger partial charge on any atom is 0.341 e. The van der Waals surface area contributed by atoms with Gasteiger partial charge in [0.15, 0.2) is 23.9 Å². The van der Waals surface area contributed by atoms with Crippen molar-refractivity contribution in [1.29, 1.82) is 0 Å². The molecule has 32 heavy (non-hydrogen) atoms. The van der Waals surface area contributed by atoms with Crippen molar-refractivity contribution in [2.24, 2.45) is 5.92 Å². The van der Waals surface area contributed by atoms with Gasteiger partial charge in [0.25, 0.3) is 0 Å². The summed E-state index contributed by atoms with van der Waals surface area (Å²) in [6, 6.07) is 4.41. The van der Waals surface area contributed by atoms with Gasteiger partial charge in [-0.3, -0.25) is 4.79 Å². The molecule has 3 rings (SSSR count). The third kappa shape index (κ3) is 5.22. The highest BCUT2D eigenvalue weighted by atomic mass is 16.5. The Balaban J connectivity index is 1.83. The number of esters is 2. The number of benzene rings is 1. The molecule has 2 aromatic rings. The van der Waals surface area contributed by atoms with Gasteiger partial charge < -0.3 is 28.7 Å². The van der Waals surface area contributed by atoms with Gasteiger partial charge in [-0.2, -0.15) is 0 Å². The molecule has 9 nitrogen and oxygen atoms in total. The number of ether oxygens (including phenoxy) is 4. The van der Waals surface area contributed by atoms with E-state index < -0.39 is 11.9 Å². The predicted octanol–water partition coefficient (Wildman–Crippen LogP) is 3.96. The Labute approximate surface area is 186 Å². The van der Waals surface area contributed by atoms with E-state index in [1.807, 2.05) is 0 Å². The van der Waals surface area contributed by atoms with E-state index in [-0.39, 0.29) is 41.0 Å². The Kier molecular flexibility index (Phi) is 7.75. The van der Waals surface area contributed by atoms with Crippen LogP contribution in [0.5, 0.6) is 11.5 Å². The number of hydrogen-bond acceptors (Lipinski definition) is 8. The Morgan fingerprint density at radius 1 is 0.969 bits per heavy atom. The molecule has 1 aliphatic carbocycles. The summed E-state index contributed by atoms with van der Waals surface area (Å²) in [4.78, 5) is 37.5. The first-order chi connectivity index (χ1) is 15.5. The number of hydrogen-bond donors (Lipinski definition) is 1. The minimum absolute atomic E-state index is 0.0954. The van der Waals surface area contributed by atoms with Crippen molar-refractivity contribution >= 4 is 23.5 Å². The molecule has 1 saturated carbocycles. The first-order valence-corrected chi connectivity index (χ1v) is 10.4. The van der Waals surface area contributed by atoms with Crippen molar-refractivity contribution in [1.82, 2.24) is 0 Å². The second kappa shape index (κ2) is 10.7. The van der Waals surface area contributed by atoms with Crippen molar-refractivity contribution < 1.29 is 37.7 Å². The number of carbonyl (C=O) groups excluding carboxylic acids is 3. The molecule has 0 aliphatic heterocycles. The Hall–Kier alpha value is -3.49. The highest BCUT2D eigenvalue weighted by Crippen LogP contribution is 2.35. The lowest BCUT2D eigenvalue weighted by Gasteiger charge is -2.22. The molecule has 1 N–H and O–H groups in total. The molecule has 0 spiro atoms. The normalized spacial score (nSPS) is 13.8. The van der Waals surface area contributed by atoms with Crippen LogP contribution in [0.4, 0.5) is 5.69 Å². The van der Waals surface area contributed by atoms with E-state index in [4.69, 9.17) is 18.6 Å². The lowest BCUT2D eigenvalue weighted by molar-refractivity contribution is -0.120. The van der Waals surface area contributed by atoms with Crippen LogP contribution in [0.25, 0.3) is 0 Å². The molecule has 1 fully saturated rings. The standard InChI is InChI=1S/C23H27NO8/c1-28-18-11-16(23(27)32-13-20-15(9-10-31-20)22(26)30-3)17(12-19(18)29-2)24-21(25)14-7-5-4-6-8-14/h9-12,14H,4-8,13H2,1-3H3,(H,24,25). The fourth-order valence-electron chi connectivity index (χ4n) is 3.70. The zero-order valence-corrected chi connectivity index (χ0v) is 18.4. The van der Waals surface area contributed by atoms with Crippen LogP contribution in [0.3, 0.4) is 0 Å². The molecule has 0 saturated heterocycles. The highest BCUT2D eigenvalue weighted by Gasteiger charge is 2.25. The van der Waals surface area contributed by atoms with Gasteiger partial charge in [-0.05, 0) is 18.9 Å². The molecule has 1 aromatic heterocycles. The molecule has 0 atom stereocenters. The third-order valence-corrected chi connectivity index (χ3v) is 5.46. The number of amides is 1. The number of methoxy groups -OCH3 is 3. The molecular formula is C23H27NO8. The maximum atomic E-state index is 12.9. The third-order valence-electron chi connectivity index (χ3n) is 5.46. The lowest BCUT2D eigenvalue weighted by Crippen LogP contribution is -2.26. The smallest absolute Gasteiger partial charge is 0.341 e. The molecule has 172 valence electrons. The van der Waals surface area contributed by atoms with Gasteiger partial charge in [-0.15, -0.1) is 0 Å². The summed E-state index contributed by atoms with van der Waals surface area (Å²) in [6.45, 7) is -0.291. The fourth-order valence-corrected chi connectivity index (χ4v) is 3.70. The predicted molar refractivity (Wildman–Crippen MR) is 114 cm³/mol. The van der Waals surface area contributed by atoms with Gasteiger partial charge in [-0.25, -0.2) is 9.59 Å². The van der Waals surface area contributed by atoms with Gasteiger partial charge in [0.2, 0.25) is 5.91 Å². The van der Waals surface area contributed by atoms with Crippen molar-refractivity contribution in [3.63, 3.8) is 0 Å². The van der Waals surface area contributed by atoms with Gasteiger partial charge in [-0.1, -0.05) is 19.3 Å². The van der Waals surface area contributed by atoms with E-state index in [1.165, 1.54) is 45.8 Å². The summed E-state index contributed by atoms with van der Waals surface area (Å²) in [5, 5.41) is 2.85. The van der Waals surface area contributed by atoms with E-state index >= 15 is 0 Å². The topological polar surface area (TPSA) is 113 Å². The summed E-state index contributed by atoms with van der Waals surface area (Å²) >= 11 is 0. The van der Waals surface area contributed by atoms with Crippen LogP contribution < -0.4 is 14.8 Å². The van der Waals surface area contributed by atoms with Gasteiger partial charge in [0, 0.05) is 18.1 Å².